The van der Waals surface area contributed by atoms with Crippen LogP contribution in [0.5, 0.6) is 0 Å². The Labute approximate surface area is 210 Å². The van der Waals surface area contributed by atoms with Gasteiger partial charge in [0.05, 0.1) is 16.9 Å². The van der Waals surface area contributed by atoms with Crippen LogP contribution in [0.4, 0.5) is 0 Å². The summed E-state index contributed by atoms with van der Waals surface area (Å²) in [6, 6.07) is 0. The van der Waals surface area contributed by atoms with Gasteiger partial charge in [-0.05, 0) is 124 Å². The van der Waals surface area contributed by atoms with Crippen LogP contribution in [0.1, 0.15) is 98.8 Å². The highest BCUT2D eigenvalue weighted by Gasteiger charge is 2.73. The minimum absolute atomic E-state index is 0.0290. The zero-order valence-electron chi connectivity index (χ0n) is 22.4. The second-order valence-corrected chi connectivity index (χ2v) is 14.3. The normalized spacial score (nSPS) is 55.1. The molecule has 5 rings (SSSR count). The van der Waals surface area contributed by atoms with Crippen molar-refractivity contribution in [2.45, 2.75) is 105 Å². The molecule has 0 aromatic rings. The Balaban J connectivity index is 1.57. The fourth-order valence-corrected chi connectivity index (χ4v) is 11.5. The van der Waals surface area contributed by atoms with Gasteiger partial charge in [-0.3, -0.25) is 9.59 Å². The molecule has 0 aromatic heterocycles. The maximum absolute atomic E-state index is 12.8. The zero-order valence-corrected chi connectivity index (χ0v) is 22.4. The van der Waals surface area contributed by atoms with Gasteiger partial charge in [-0.1, -0.05) is 32.9 Å². The van der Waals surface area contributed by atoms with Crippen LogP contribution in [-0.4, -0.2) is 33.4 Å². The lowest BCUT2D eigenvalue weighted by Crippen LogP contribution is -2.68. The summed E-state index contributed by atoms with van der Waals surface area (Å²) in [6.07, 6.45) is 7.86. The van der Waals surface area contributed by atoms with Crippen molar-refractivity contribution in [3.63, 3.8) is 0 Å². The lowest BCUT2D eigenvalue weighted by Gasteiger charge is -2.72. The first kappa shape index (κ1) is 25.3. The standard InChI is InChI=1S/C30H46O5/c1-17(2)18-9-14-30(25(34)35)16-15-27(4)19(23(18)30)7-8-20-26(3)12-11-22(31)29(6,24(32)33)21(26)10-13-28(20,27)5/h18-23,31H,1,7-16H2,2-6H3,(H,32,33)(H,34,35)/t18-,19+,20+,21+,22+,23+,26+,27+,28+,29+,30-/m0/s1. The van der Waals surface area contributed by atoms with Crippen LogP contribution < -0.4 is 0 Å². The predicted octanol–water partition coefficient (Wildman–Crippen LogP) is 6.15. The number of aliphatic carboxylic acids is 2. The van der Waals surface area contributed by atoms with Crippen molar-refractivity contribution in [3.8, 4) is 0 Å². The Morgan fingerprint density at radius 3 is 2.06 bits per heavy atom. The van der Waals surface area contributed by atoms with E-state index in [1.165, 1.54) is 0 Å². The third kappa shape index (κ3) is 2.85. The topological polar surface area (TPSA) is 94.8 Å². The van der Waals surface area contributed by atoms with Crippen LogP contribution in [0, 0.1) is 56.7 Å². The molecule has 0 spiro atoms. The van der Waals surface area contributed by atoms with E-state index < -0.39 is 28.9 Å². The molecule has 11 atom stereocenters. The van der Waals surface area contributed by atoms with Crippen LogP contribution >= 0.6 is 0 Å². The molecule has 196 valence electrons. The Hall–Kier alpha value is -1.36. The van der Waals surface area contributed by atoms with Crippen LogP contribution in [0.3, 0.4) is 0 Å². The molecule has 0 saturated heterocycles. The van der Waals surface area contributed by atoms with Crippen molar-refractivity contribution in [1.82, 2.24) is 0 Å². The number of allylic oxidation sites excluding steroid dienone is 1. The van der Waals surface area contributed by atoms with Crippen molar-refractivity contribution in [2.24, 2.45) is 56.7 Å². The Bertz CT molecular complexity index is 958. The molecule has 5 aliphatic carbocycles. The van der Waals surface area contributed by atoms with E-state index in [1.807, 2.05) is 0 Å². The number of carbonyl (C=O) groups is 2. The molecule has 5 fully saturated rings. The predicted molar refractivity (Wildman–Crippen MR) is 135 cm³/mol. The minimum Gasteiger partial charge on any atom is -0.481 e. The van der Waals surface area contributed by atoms with Crippen LogP contribution in [0.15, 0.2) is 12.2 Å². The molecular weight excluding hydrogens is 440 g/mol. The summed E-state index contributed by atoms with van der Waals surface area (Å²) in [5.41, 5.74) is -0.638. The molecule has 0 bridgehead atoms. The van der Waals surface area contributed by atoms with Gasteiger partial charge >= 0.3 is 11.9 Å². The minimum atomic E-state index is -1.10. The van der Waals surface area contributed by atoms with Crippen molar-refractivity contribution in [1.29, 1.82) is 0 Å². The van der Waals surface area contributed by atoms with Crippen molar-refractivity contribution < 1.29 is 24.9 Å². The molecule has 0 aromatic carbocycles. The molecule has 5 saturated carbocycles. The number of carboxylic acid groups (broad SMARTS) is 2. The number of aliphatic hydroxyl groups is 1. The van der Waals surface area contributed by atoms with E-state index in [0.29, 0.717) is 18.3 Å². The summed E-state index contributed by atoms with van der Waals surface area (Å²) >= 11 is 0. The molecule has 0 amide bonds. The van der Waals surface area contributed by atoms with Crippen molar-refractivity contribution in [2.75, 3.05) is 0 Å². The van der Waals surface area contributed by atoms with Gasteiger partial charge in [-0.2, -0.15) is 0 Å². The molecule has 0 heterocycles. The summed E-state index contributed by atoms with van der Waals surface area (Å²) in [6.45, 7) is 15.4. The summed E-state index contributed by atoms with van der Waals surface area (Å²) in [5.74, 6) is -0.315. The molecule has 3 N–H and O–H groups in total. The first-order valence-electron chi connectivity index (χ1n) is 14.0. The van der Waals surface area contributed by atoms with Gasteiger partial charge in [0.2, 0.25) is 0 Å². The summed E-state index contributed by atoms with van der Waals surface area (Å²) in [7, 11) is 0. The number of rotatable bonds is 3. The molecule has 0 unspecified atom stereocenters. The Kier molecular flexibility index (Phi) is 5.48. The summed E-state index contributed by atoms with van der Waals surface area (Å²) in [4.78, 5) is 25.3. The number of hydrogen-bond donors (Lipinski definition) is 3. The Morgan fingerprint density at radius 2 is 1.46 bits per heavy atom. The van der Waals surface area contributed by atoms with Gasteiger partial charge in [0.15, 0.2) is 0 Å². The molecule has 35 heavy (non-hydrogen) atoms. The molecule has 0 aliphatic heterocycles. The highest BCUT2D eigenvalue weighted by molar-refractivity contribution is 5.76. The lowest BCUT2D eigenvalue weighted by atomic mass is 9.32. The van der Waals surface area contributed by atoms with Gasteiger partial charge in [-0.15, -0.1) is 0 Å². The van der Waals surface area contributed by atoms with E-state index in [1.54, 1.807) is 6.92 Å². The average Bonchev–Trinajstić information content (AvgIpc) is 3.18. The first-order valence-corrected chi connectivity index (χ1v) is 14.0. The molecule has 0 radical (unpaired) electrons. The summed E-state index contributed by atoms with van der Waals surface area (Å²) in [5, 5.41) is 31.6. The van der Waals surface area contributed by atoms with E-state index in [0.717, 1.165) is 63.4 Å². The highest BCUT2D eigenvalue weighted by Crippen LogP contribution is 2.77. The van der Waals surface area contributed by atoms with E-state index >= 15 is 0 Å². The van der Waals surface area contributed by atoms with E-state index in [9.17, 15) is 24.9 Å². The van der Waals surface area contributed by atoms with Crippen molar-refractivity contribution in [3.05, 3.63) is 12.2 Å². The smallest absolute Gasteiger partial charge is 0.312 e. The van der Waals surface area contributed by atoms with Gasteiger partial charge in [-0.25, -0.2) is 0 Å². The lowest BCUT2D eigenvalue weighted by molar-refractivity contribution is -0.251. The molecule has 5 nitrogen and oxygen atoms in total. The average molecular weight is 487 g/mol. The van der Waals surface area contributed by atoms with Gasteiger partial charge in [0.1, 0.15) is 0 Å². The van der Waals surface area contributed by atoms with E-state index in [4.69, 9.17) is 0 Å². The molecular formula is C30H46O5. The maximum Gasteiger partial charge on any atom is 0.312 e. The second-order valence-electron chi connectivity index (χ2n) is 14.3. The van der Waals surface area contributed by atoms with Crippen LogP contribution in [0.25, 0.3) is 0 Å². The largest absolute Gasteiger partial charge is 0.481 e. The number of hydrogen-bond acceptors (Lipinski definition) is 3. The molecule has 5 aliphatic rings. The van der Waals surface area contributed by atoms with E-state index in [-0.39, 0.29) is 34.0 Å². The van der Waals surface area contributed by atoms with Gasteiger partial charge in [0, 0.05) is 0 Å². The quantitative estimate of drug-likeness (QED) is 0.416. The third-order valence-electron chi connectivity index (χ3n) is 13.6. The van der Waals surface area contributed by atoms with Crippen LogP contribution in [-0.2, 0) is 9.59 Å². The second kappa shape index (κ2) is 7.58. The summed E-state index contributed by atoms with van der Waals surface area (Å²) < 4.78 is 0. The first-order chi connectivity index (χ1) is 16.2. The number of fused-ring (bicyclic) bond motifs is 7. The SMILES string of the molecule is C=C(C)[C@@H]1CC[C@]2(C(=O)O)CC[C@]3(C)[C@H](CC[C@@H]4[C@@]5(C)CC[C@@H](O)[C@](C)(C(=O)O)[C@@H]5CC[C@]43C)[C@@H]12. The Morgan fingerprint density at radius 1 is 0.771 bits per heavy atom. The van der Waals surface area contributed by atoms with Gasteiger partial charge < -0.3 is 15.3 Å². The third-order valence-corrected chi connectivity index (χ3v) is 13.6. The number of carboxylic acids is 2. The van der Waals surface area contributed by atoms with E-state index in [2.05, 4.69) is 34.3 Å². The fraction of sp³-hybridized carbons (Fsp3) is 0.867. The van der Waals surface area contributed by atoms with Crippen molar-refractivity contribution >= 4 is 11.9 Å². The van der Waals surface area contributed by atoms with Crippen LogP contribution in [0.2, 0.25) is 0 Å². The monoisotopic (exact) mass is 486 g/mol. The maximum atomic E-state index is 12.8. The van der Waals surface area contributed by atoms with Gasteiger partial charge in [0.25, 0.3) is 0 Å². The number of aliphatic hydroxyl groups excluding tert-OH is 1. The fourth-order valence-electron chi connectivity index (χ4n) is 11.5. The molecule has 5 heteroatoms. The zero-order chi connectivity index (χ0) is 25.8. The highest BCUT2D eigenvalue weighted by atomic mass is 16.4.